The van der Waals surface area contributed by atoms with Crippen molar-refractivity contribution < 1.29 is 23.8 Å². The van der Waals surface area contributed by atoms with E-state index in [4.69, 9.17) is 24.9 Å². The molecule has 0 saturated carbocycles. The number of para-hydroxylation sites is 1. The van der Waals surface area contributed by atoms with Crippen LogP contribution in [0.3, 0.4) is 0 Å². The molecule has 1 aliphatic heterocycles. The topological polar surface area (TPSA) is 123 Å². The summed E-state index contributed by atoms with van der Waals surface area (Å²) in [7, 11) is 2.51. The van der Waals surface area contributed by atoms with E-state index in [0.717, 1.165) is 24.2 Å². The van der Waals surface area contributed by atoms with Crippen molar-refractivity contribution in [3.8, 4) is 0 Å². The molecule has 1 aromatic carbocycles. The van der Waals surface area contributed by atoms with Crippen molar-refractivity contribution >= 4 is 50.9 Å². The minimum atomic E-state index is -0.641. The van der Waals surface area contributed by atoms with Crippen LogP contribution < -0.4 is 11.3 Å². The lowest BCUT2D eigenvalue weighted by molar-refractivity contribution is 0.0601. The number of methoxy groups -OCH3 is 2. The molecule has 0 amide bonds. The van der Waals surface area contributed by atoms with Crippen LogP contribution in [0.2, 0.25) is 0 Å². The Balaban J connectivity index is 1.76. The van der Waals surface area contributed by atoms with Gasteiger partial charge in [-0.15, -0.1) is 11.3 Å². The van der Waals surface area contributed by atoms with Gasteiger partial charge in [0.15, 0.2) is 5.16 Å². The number of aromatic nitrogens is 2. The quantitative estimate of drug-likeness (QED) is 0.303. The van der Waals surface area contributed by atoms with Crippen molar-refractivity contribution in [2.45, 2.75) is 36.4 Å². The molecule has 1 fully saturated rings. The molecule has 0 aliphatic carbocycles. The van der Waals surface area contributed by atoms with Gasteiger partial charge in [0.25, 0.3) is 5.56 Å². The van der Waals surface area contributed by atoms with Crippen LogP contribution in [0, 0.1) is 0 Å². The molecule has 2 N–H and O–H groups in total. The van der Waals surface area contributed by atoms with Crippen molar-refractivity contribution in [3.63, 3.8) is 0 Å². The van der Waals surface area contributed by atoms with Gasteiger partial charge >= 0.3 is 11.9 Å². The fourth-order valence-electron chi connectivity index (χ4n) is 3.75. The molecule has 1 aliphatic rings. The van der Waals surface area contributed by atoms with E-state index in [9.17, 15) is 14.4 Å². The first-order valence-corrected chi connectivity index (χ1v) is 12.1. The number of nitrogens with zero attached hydrogens (tertiary/aromatic N) is 2. The van der Waals surface area contributed by atoms with Gasteiger partial charge in [-0.25, -0.2) is 14.6 Å². The number of rotatable bonds is 7. The summed E-state index contributed by atoms with van der Waals surface area (Å²) >= 11 is 2.21. The fourth-order valence-corrected chi connectivity index (χ4v) is 5.88. The number of carbonyl (C=O) groups excluding carboxylic acids is 2. The number of anilines is 1. The van der Waals surface area contributed by atoms with E-state index in [0.29, 0.717) is 34.8 Å². The lowest BCUT2D eigenvalue weighted by Crippen LogP contribution is -2.28. The summed E-state index contributed by atoms with van der Waals surface area (Å²) in [6.45, 7) is 1.04. The van der Waals surface area contributed by atoms with Crippen LogP contribution in [0.4, 0.5) is 5.00 Å². The maximum Gasteiger partial charge on any atom is 0.348 e. The molecule has 33 heavy (non-hydrogen) atoms. The molecular formula is C22H23N3O6S2. The molecule has 3 heterocycles. The van der Waals surface area contributed by atoms with Crippen LogP contribution in [0.15, 0.2) is 34.2 Å². The lowest BCUT2D eigenvalue weighted by Gasteiger charge is -2.16. The number of ether oxygens (including phenoxy) is 3. The zero-order valence-electron chi connectivity index (χ0n) is 18.2. The number of carbonyl (C=O) groups is 2. The number of thiophene rings is 1. The van der Waals surface area contributed by atoms with Gasteiger partial charge in [0, 0.05) is 17.9 Å². The molecule has 174 valence electrons. The van der Waals surface area contributed by atoms with E-state index in [2.05, 4.69) is 0 Å². The van der Waals surface area contributed by atoms with E-state index in [1.807, 2.05) is 6.07 Å². The molecule has 0 spiro atoms. The Morgan fingerprint density at radius 3 is 2.73 bits per heavy atom. The maximum absolute atomic E-state index is 13.3. The molecule has 4 rings (SSSR count). The van der Waals surface area contributed by atoms with Crippen molar-refractivity contribution in [1.29, 1.82) is 0 Å². The molecule has 0 bridgehead atoms. The highest BCUT2D eigenvalue weighted by atomic mass is 32.2. The van der Waals surface area contributed by atoms with Gasteiger partial charge in [0.2, 0.25) is 0 Å². The zero-order valence-corrected chi connectivity index (χ0v) is 19.8. The first kappa shape index (κ1) is 23.3. The fraction of sp³-hybridized carbons (Fsp3) is 0.364. The molecule has 11 heteroatoms. The Labute approximate surface area is 197 Å². The number of hydrogen-bond acceptors (Lipinski definition) is 10. The molecule has 0 unspecified atom stereocenters. The van der Waals surface area contributed by atoms with Crippen LogP contribution in [-0.4, -0.2) is 48.4 Å². The van der Waals surface area contributed by atoms with E-state index in [1.54, 1.807) is 22.8 Å². The van der Waals surface area contributed by atoms with Gasteiger partial charge in [-0.05, 0) is 25.0 Å². The largest absolute Gasteiger partial charge is 0.465 e. The van der Waals surface area contributed by atoms with E-state index in [-0.39, 0.29) is 32.9 Å². The first-order valence-electron chi connectivity index (χ1n) is 10.3. The summed E-state index contributed by atoms with van der Waals surface area (Å²) in [6, 6.07) is 7.14. The Kier molecular flexibility index (Phi) is 7.01. The summed E-state index contributed by atoms with van der Waals surface area (Å²) < 4.78 is 17.1. The predicted molar refractivity (Wildman–Crippen MR) is 126 cm³/mol. The number of esters is 2. The number of nitrogen functional groups attached to an aromatic ring is 1. The SMILES string of the molecule is COC(=O)c1sc(N)c(C(=O)OC)c1CSc1nc2ccccc2c(=O)n1C[C@@H]1CCCO1. The molecule has 2 aromatic heterocycles. The number of benzene rings is 1. The highest BCUT2D eigenvalue weighted by Gasteiger charge is 2.28. The number of fused-ring (bicyclic) bond motifs is 1. The molecule has 9 nitrogen and oxygen atoms in total. The average Bonchev–Trinajstić information content (AvgIpc) is 3.46. The van der Waals surface area contributed by atoms with Crippen LogP contribution in [0.5, 0.6) is 0 Å². The highest BCUT2D eigenvalue weighted by molar-refractivity contribution is 7.98. The third-order valence-corrected chi connectivity index (χ3v) is 7.42. The second-order valence-electron chi connectivity index (χ2n) is 7.38. The number of nitrogens with two attached hydrogens (primary N) is 1. The number of hydrogen-bond donors (Lipinski definition) is 1. The van der Waals surface area contributed by atoms with Gasteiger partial charge in [0.1, 0.15) is 9.88 Å². The molecule has 1 saturated heterocycles. The Hall–Kier alpha value is -2.89. The summed E-state index contributed by atoms with van der Waals surface area (Å²) in [5.41, 5.74) is 6.96. The third kappa shape index (κ3) is 4.61. The molecule has 0 radical (unpaired) electrons. The minimum absolute atomic E-state index is 0.0712. The molecule has 1 atom stereocenters. The zero-order chi connectivity index (χ0) is 23.5. The van der Waals surface area contributed by atoms with E-state index in [1.165, 1.54) is 26.0 Å². The van der Waals surface area contributed by atoms with Crippen molar-refractivity contribution in [3.05, 3.63) is 50.6 Å². The summed E-state index contributed by atoms with van der Waals surface area (Å²) in [5, 5.41) is 1.15. The van der Waals surface area contributed by atoms with Crippen LogP contribution >= 0.6 is 23.1 Å². The predicted octanol–water partition coefficient (Wildman–Crippen LogP) is 3.08. The maximum atomic E-state index is 13.3. The minimum Gasteiger partial charge on any atom is -0.465 e. The van der Waals surface area contributed by atoms with Gasteiger partial charge in [0.05, 0.1) is 43.3 Å². The summed E-state index contributed by atoms with van der Waals surface area (Å²) in [5.74, 6) is -1.07. The van der Waals surface area contributed by atoms with Crippen LogP contribution in [0.25, 0.3) is 10.9 Å². The second-order valence-corrected chi connectivity index (χ2v) is 9.38. The molecule has 3 aromatic rings. The van der Waals surface area contributed by atoms with Gasteiger partial charge in [-0.1, -0.05) is 23.9 Å². The monoisotopic (exact) mass is 489 g/mol. The number of thioether (sulfide) groups is 1. The highest BCUT2D eigenvalue weighted by Crippen LogP contribution is 2.36. The van der Waals surface area contributed by atoms with Gasteiger partial charge in [-0.3, -0.25) is 9.36 Å². The van der Waals surface area contributed by atoms with Crippen LogP contribution in [0.1, 0.15) is 38.4 Å². The standard InChI is InChI=1S/C22H23N3O6S2/c1-29-20(27)16-14(17(21(28)30-2)33-18(16)23)11-32-22-24-15-8-4-3-7-13(15)19(26)25(22)10-12-6-5-9-31-12/h3-4,7-8,12H,5-6,9-11,23H2,1-2H3/t12-/m0/s1. The summed E-state index contributed by atoms with van der Waals surface area (Å²) in [4.78, 5) is 42.9. The average molecular weight is 490 g/mol. The van der Waals surface area contributed by atoms with Gasteiger partial charge in [-0.2, -0.15) is 0 Å². The Bertz CT molecular complexity index is 1260. The Morgan fingerprint density at radius 2 is 2.03 bits per heavy atom. The normalized spacial score (nSPS) is 15.6. The smallest absolute Gasteiger partial charge is 0.348 e. The van der Waals surface area contributed by atoms with Crippen LogP contribution in [-0.2, 0) is 26.5 Å². The lowest BCUT2D eigenvalue weighted by atomic mass is 10.1. The molecular weight excluding hydrogens is 466 g/mol. The van der Waals surface area contributed by atoms with Crippen molar-refractivity contribution in [1.82, 2.24) is 9.55 Å². The second kappa shape index (κ2) is 9.94. The van der Waals surface area contributed by atoms with Gasteiger partial charge < -0.3 is 19.9 Å². The van der Waals surface area contributed by atoms with Crippen molar-refractivity contribution in [2.24, 2.45) is 0 Å². The third-order valence-electron chi connectivity index (χ3n) is 5.38. The Morgan fingerprint density at radius 1 is 1.27 bits per heavy atom. The summed E-state index contributed by atoms with van der Waals surface area (Å²) in [6.07, 6.45) is 1.74. The van der Waals surface area contributed by atoms with Crippen molar-refractivity contribution in [2.75, 3.05) is 26.6 Å². The van der Waals surface area contributed by atoms with E-state index >= 15 is 0 Å². The first-order chi connectivity index (χ1) is 15.9. The van der Waals surface area contributed by atoms with E-state index < -0.39 is 11.9 Å².